The number of amides is 1. The Labute approximate surface area is 114 Å². The standard InChI is InChI=1S/C13H25N3OS/c1-12(2,3)9-6-7-18-11(16-9)15-8-13(4,5)10(14)17/h9H,6-8H2,1-5H3,(H2,14,17)(H,15,16). The first-order chi connectivity index (χ1) is 8.13. The van der Waals surface area contributed by atoms with Gasteiger partial charge in [-0.25, -0.2) is 0 Å². The van der Waals surface area contributed by atoms with Crippen molar-refractivity contribution in [2.24, 2.45) is 21.6 Å². The Morgan fingerprint density at radius 1 is 1.44 bits per heavy atom. The molecule has 1 amide bonds. The maximum absolute atomic E-state index is 11.2. The van der Waals surface area contributed by atoms with E-state index in [0.717, 1.165) is 17.3 Å². The summed E-state index contributed by atoms with van der Waals surface area (Å²) >= 11 is 1.72. The Bertz CT molecular complexity index is 345. The Balaban J connectivity index is 2.65. The van der Waals surface area contributed by atoms with Crippen LogP contribution < -0.4 is 11.1 Å². The fraction of sp³-hybridized carbons (Fsp3) is 0.846. The van der Waals surface area contributed by atoms with Gasteiger partial charge < -0.3 is 11.1 Å². The molecule has 0 aromatic rings. The van der Waals surface area contributed by atoms with E-state index in [1.165, 1.54) is 0 Å². The van der Waals surface area contributed by atoms with Crippen molar-refractivity contribution in [3.8, 4) is 0 Å². The van der Waals surface area contributed by atoms with Crippen LogP contribution in [0.2, 0.25) is 0 Å². The summed E-state index contributed by atoms with van der Waals surface area (Å²) in [6, 6.07) is 0.439. The van der Waals surface area contributed by atoms with Gasteiger partial charge >= 0.3 is 0 Å². The molecule has 0 bridgehead atoms. The van der Waals surface area contributed by atoms with Crippen molar-refractivity contribution in [2.75, 3.05) is 12.3 Å². The molecule has 0 spiro atoms. The highest BCUT2D eigenvalue weighted by molar-refractivity contribution is 8.13. The number of nitrogens with one attached hydrogen (secondary N) is 1. The van der Waals surface area contributed by atoms with Crippen molar-refractivity contribution in [2.45, 2.75) is 47.1 Å². The van der Waals surface area contributed by atoms with Gasteiger partial charge in [-0.1, -0.05) is 32.5 Å². The third-order valence-electron chi connectivity index (χ3n) is 3.27. The van der Waals surface area contributed by atoms with Gasteiger partial charge in [-0.05, 0) is 25.7 Å². The average molecular weight is 271 g/mol. The van der Waals surface area contributed by atoms with Gasteiger partial charge in [0.05, 0.1) is 12.0 Å². The summed E-state index contributed by atoms with van der Waals surface area (Å²) in [5, 5.41) is 4.41. The molecule has 5 heteroatoms. The van der Waals surface area contributed by atoms with Crippen LogP contribution in [0, 0.1) is 10.8 Å². The molecule has 0 saturated carbocycles. The summed E-state index contributed by atoms with van der Waals surface area (Å²) in [4.78, 5) is 15.8. The van der Waals surface area contributed by atoms with Crippen molar-refractivity contribution in [3.63, 3.8) is 0 Å². The zero-order valence-electron chi connectivity index (χ0n) is 12.0. The molecule has 0 aromatic heterocycles. The van der Waals surface area contributed by atoms with E-state index in [-0.39, 0.29) is 11.3 Å². The highest BCUT2D eigenvalue weighted by Crippen LogP contribution is 2.27. The second-order valence-corrected chi connectivity index (χ2v) is 7.65. The molecule has 1 rings (SSSR count). The van der Waals surface area contributed by atoms with Crippen LogP contribution in [0.1, 0.15) is 41.0 Å². The molecule has 0 radical (unpaired) electrons. The number of amidine groups is 1. The number of hydrogen-bond donors (Lipinski definition) is 2. The minimum Gasteiger partial charge on any atom is -0.369 e. The van der Waals surface area contributed by atoms with Gasteiger partial charge in [0.2, 0.25) is 5.91 Å². The first-order valence-electron chi connectivity index (χ1n) is 6.36. The molecule has 1 heterocycles. The quantitative estimate of drug-likeness (QED) is 0.825. The van der Waals surface area contributed by atoms with Gasteiger partial charge in [0, 0.05) is 11.8 Å². The lowest BCUT2D eigenvalue weighted by atomic mass is 9.85. The molecule has 1 aliphatic rings. The highest BCUT2D eigenvalue weighted by Gasteiger charge is 2.29. The molecule has 4 nitrogen and oxygen atoms in total. The number of aliphatic imine (C=N–C) groups is 1. The molecule has 1 fully saturated rings. The van der Waals surface area contributed by atoms with Crippen LogP contribution in [0.4, 0.5) is 0 Å². The number of nitrogens with two attached hydrogens (primary N) is 1. The van der Waals surface area contributed by atoms with Crippen LogP contribution in [0.3, 0.4) is 0 Å². The number of carbonyl (C=O) groups excluding carboxylic acids is 1. The van der Waals surface area contributed by atoms with Crippen LogP contribution in [-0.2, 0) is 4.79 Å². The molecule has 1 saturated heterocycles. The molecule has 1 unspecified atom stereocenters. The first kappa shape index (κ1) is 15.3. The van der Waals surface area contributed by atoms with Gasteiger partial charge in [0.15, 0.2) is 5.17 Å². The largest absolute Gasteiger partial charge is 0.369 e. The van der Waals surface area contributed by atoms with E-state index in [9.17, 15) is 4.79 Å². The SMILES string of the molecule is CC(C)(CN=C1NC(C(C)(C)C)CCS1)C(N)=O. The third-order valence-corrected chi connectivity index (χ3v) is 4.23. The van der Waals surface area contributed by atoms with Gasteiger partial charge in [0.25, 0.3) is 0 Å². The van der Waals surface area contributed by atoms with Crippen molar-refractivity contribution >= 4 is 22.8 Å². The van der Waals surface area contributed by atoms with E-state index in [0.29, 0.717) is 12.6 Å². The van der Waals surface area contributed by atoms with Gasteiger partial charge in [-0.15, -0.1) is 0 Å². The zero-order valence-corrected chi connectivity index (χ0v) is 12.9. The second-order valence-electron chi connectivity index (χ2n) is 6.57. The Kier molecular flexibility index (Phi) is 4.70. The smallest absolute Gasteiger partial charge is 0.224 e. The molecule has 3 N–H and O–H groups in total. The number of carbonyl (C=O) groups is 1. The summed E-state index contributed by atoms with van der Waals surface area (Å²) in [5.41, 5.74) is 4.99. The van der Waals surface area contributed by atoms with Gasteiger partial charge in [-0.2, -0.15) is 0 Å². The van der Waals surface area contributed by atoms with E-state index < -0.39 is 5.41 Å². The number of thioether (sulfide) groups is 1. The summed E-state index contributed by atoms with van der Waals surface area (Å²) < 4.78 is 0. The minimum atomic E-state index is -0.579. The monoisotopic (exact) mass is 271 g/mol. The van der Waals surface area contributed by atoms with E-state index in [1.54, 1.807) is 11.8 Å². The lowest BCUT2D eigenvalue weighted by Crippen LogP contribution is -2.46. The molecule has 1 atom stereocenters. The minimum absolute atomic E-state index is 0.223. The Morgan fingerprint density at radius 3 is 2.56 bits per heavy atom. The molecule has 0 aromatic carbocycles. The topological polar surface area (TPSA) is 67.5 Å². The molecule has 0 aliphatic carbocycles. The van der Waals surface area contributed by atoms with Crippen molar-refractivity contribution in [1.29, 1.82) is 0 Å². The maximum atomic E-state index is 11.2. The summed E-state index contributed by atoms with van der Waals surface area (Å²) in [5.74, 6) is 0.769. The summed E-state index contributed by atoms with van der Waals surface area (Å²) in [6.07, 6.45) is 1.15. The van der Waals surface area contributed by atoms with Crippen molar-refractivity contribution < 1.29 is 4.79 Å². The first-order valence-corrected chi connectivity index (χ1v) is 7.35. The van der Waals surface area contributed by atoms with Crippen LogP contribution in [-0.4, -0.2) is 29.4 Å². The predicted octanol–water partition coefficient (Wildman–Crippen LogP) is 2.00. The van der Waals surface area contributed by atoms with Crippen LogP contribution in [0.15, 0.2) is 4.99 Å². The van der Waals surface area contributed by atoms with Gasteiger partial charge in [0.1, 0.15) is 0 Å². The summed E-state index contributed by atoms with van der Waals surface area (Å²) in [6.45, 7) is 10.8. The Hall–Kier alpha value is -0.710. The lowest BCUT2D eigenvalue weighted by molar-refractivity contribution is -0.125. The second kappa shape index (κ2) is 5.51. The van der Waals surface area contributed by atoms with Crippen molar-refractivity contribution in [1.82, 2.24) is 5.32 Å². The molecule has 1 aliphatic heterocycles. The molecule has 104 valence electrons. The molecular weight excluding hydrogens is 246 g/mol. The predicted molar refractivity (Wildman–Crippen MR) is 78.7 cm³/mol. The number of rotatable bonds is 3. The van der Waals surface area contributed by atoms with Crippen LogP contribution >= 0.6 is 11.8 Å². The Morgan fingerprint density at radius 2 is 2.06 bits per heavy atom. The van der Waals surface area contributed by atoms with Crippen LogP contribution in [0.5, 0.6) is 0 Å². The van der Waals surface area contributed by atoms with E-state index in [2.05, 4.69) is 31.1 Å². The van der Waals surface area contributed by atoms with Gasteiger partial charge in [-0.3, -0.25) is 9.79 Å². The number of primary amides is 1. The molecule has 18 heavy (non-hydrogen) atoms. The van der Waals surface area contributed by atoms with E-state index in [1.807, 2.05) is 13.8 Å². The highest BCUT2D eigenvalue weighted by atomic mass is 32.2. The van der Waals surface area contributed by atoms with E-state index in [4.69, 9.17) is 5.73 Å². The number of hydrogen-bond acceptors (Lipinski definition) is 3. The third kappa shape index (κ3) is 4.19. The summed E-state index contributed by atoms with van der Waals surface area (Å²) in [7, 11) is 0. The normalized spacial score (nSPS) is 23.8. The van der Waals surface area contributed by atoms with Crippen molar-refractivity contribution in [3.05, 3.63) is 0 Å². The lowest BCUT2D eigenvalue weighted by Gasteiger charge is -2.35. The van der Waals surface area contributed by atoms with Crippen LogP contribution in [0.25, 0.3) is 0 Å². The van der Waals surface area contributed by atoms with E-state index >= 15 is 0 Å². The number of nitrogens with zero attached hydrogens (tertiary/aromatic N) is 1. The molecular formula is C13H25N3OS. The fourth-order valence-corrected chi connectivity index (χ4v) is 2.55. The fourth-order valence-electron chi connectivity index (χ4n) is 1.62. The zero-order chi connectivity index (χ0) is 14.0. The average Bonchev–Trinajstić information content (AvgIpc) is 2.25. The maximum Gasteiger partial charge on any atom is 0.224 e.